The third-order valence-corrected chi connectivity index (χ3v) is 7.46. The van der Waals surface area contributed by atoms with Crippen LogP contribution in [0.4, 0.5) is 10.1 Å². The Labute approximate surface area is 194 Å². The Morgan fingerprint density at radius 1 is 1.03 bits per heavy atom. The van der Waals surface area contributed by atoms with Crippen LogP contribution in [0.2, 0.25) is 0 Å². The SMILES string of the molecule is COc1cc(C(=O)N2CC3(CCN(CC4CC4)CC3)c3cc(F)ccc32)cc(OC)c1OC. The Hall–Kier alpha value is -2.80. The zero-order valence-corrected chi connectivity index (χ0v) is 19.5. The number of carbonyl (C=O) groups excluding carboxylic acids is 1. The number of halogens is 1. The Morgan fingerprint density at radius 2 is 1.70 bits per heavy atom. The molecule has 2 heterocycles. The van der Waals surface area contributed by atoms with Crippen LogP contribution in [0.25, 0.3) is 0 Å². The van der Waals surface area contributed by atoms with Crippen molar-refractivity contribution in [3.05, 3.63) is 47.3 Å². The molecule has 2 fully saturated rings. The second-order valence-electron chi connectivity index (χ2n) is 9.49. The maximum absolute atomic E-state index is 14.3. The van der Waals surface area contributed by atoms with Crippen molar-refractivity contribution in [1.29, 1.82) is 0 Å². The number of carbonyl (C=O) groups is 1. The molecule has 5 rings (SSSR count). The molecule has 1 saturated carbocycles. The predicted octanol–water partition coefficient (Wildman–Crippen LogP) is 4.26. The molecule has 1 spiro atoms. The van der Waals surface area contributed by atoms with Crippen LogP contribution in [0.1, 0.15) is 41.6 Å². The number of piperidine rings is 1. The van der Waals surface area contributed by atoms with Crippen LogP contribution in [-0.4, -0.2) is 58.3 Å². The van der Waals surface area contributed by atoms with Gasteiger partial charge in [0.05, 0.1) is 21.3 Å². The Bertz CT molecular complexity index is 1040. The maximum Gasteiger partial charge on any atom is 0.258 e. The van der Waals surface area contributed by atoms with Crippen molar-refractivity contribution in [2.24, 2.45) is 5.92 Å². The molecule has 0 bridgehead atoms. The van der Waals surface area contributed by atoms with E-state index in [4.69, 9.17) is 14.2 Å². The number of likely N-dealkylation sites (tertiary alicyclic amines) is 1. The van der Waals surface area contributed by atoms with Crippen LogP contribution in [0, 0.1) is 11.7 Å². The highest BCUT2D eigenvalue weighted by Gasteiger charge is 2.47. The molecule has 3 aliphatic rings. The van der Waals surface area contributed by atoms with Gasteiger partial charge in [-0.3, -0.25) is 4.79 Å². The van der Waals surface area contributed by atoms with Gasteiger partial charge in [0, 0.05) is 29.8 Å². The second-order valence-corrected chi connectivity index (χ2v) is 9.49. The third kappa shape index (κ3) is 3.92. The molecule has 0 aromatic heterocycles. The molecule has 7 heteroatoms. The molecule has 0 N–H and O–H groups in total. The lowest BCUT2D eigenvalue weighted by molar-refractivity contribution is 0.0975. The van der Waals surface area contributed by atoms with Crippen LogP contribution in [0.15, 0.2) is 30.3 Å². The fourth-order valence-electron chi connectivity index (χ4n) is 5.44. The fourth-order valence-corrected chi connectivity index (χ4v) is 5.44. The highest BCUT2D eigenvalue weighted by molar-refractivity contribution is 6.08. The largest absolute Gasteiger partial charge is 0.493 e. The first kappa shape index (κ1) is 22.0. The number of amides is 1. The van der Waals surface area contributed by atoms with Crippen LogP contribution in [0.5, 0.6) is 17.2 Å². The number of hydrogen-bond acceptors (Lipinski definition) is 5. The molecular formula is C26H31FN2O4. The molecule has 0 atom stereocenters. The first-order valence-electron chi connectivity index (χ1n) is 11.6. The second kappa shape index (κ2) is 8.52. The molecular weight excluding hydrogens is 423 g/mol. The molecule has 0 unspecified atom stereocenters. The monoisotopic (exact) mass is 454 g/mol. The van der Waals surface area contributed by atoms with Gasteiger partial charge in [0.15, 0.2) is 11.5 Å². The smallest absolute Gasteiger partial charge is 0.258 e. The molecule has 2 aliphatic heterocycles. The lowest BCUT2D eigenvalue weighted by atomic mass is 9.74. The number of hydrogen-bond donors (Lipinski definition) is 0. The zero-order chi connectivity index (χ0) is 23.2. The lowest BCUT2D eigenvalue weighted by Gasteiger charge is -2.40. The summed E-state index contributed by atoms with van der Waals surface area (Å²) in [7, 11) is 4.60. The van der Waals surface area contributed by atoms with Gasteiger partial charge in [0.2, 0.25) is 5.75 Å². The average molecular weight is 455 g/mol. The minimum atomic E-state index is -0.254. The first-order chi connectivity index (χ1) is 16.0. The van der Waals surface area contributed by atoms with Gasteiger partial charge in [-0.2, -0.15) is 0 Å². The van der Waals surface area contributed by atoms with Gasteiger partial charge in [-0.25, -0.2) is 4.39 Å². The van der Waals surface area contributed by atoms with Crippen molar-refractivity contribution in [3.63, 3.8) is 0 Å². The topological polar surface area (TPSA) is 51.2 Å². The summed E-state index contributed by atoms with van der Waals surface area (Å²) in [6.45, 7) is 3.69. The highest BCUT2D eigenvalue weighted by atomic mass is 19.1. The van der Waals surface area contributed by atoms with E-state index in [1.807, 2.05) is 0 Å². The number of ether oxygens (including phenoxy) is 3. The summed E-state index contributed by atoms with van der Waals surface area (Å²) in [4.78, 5) is 18.1. The van der Waals surface area contributed by atoms with Gasteiger partial charge >= 0.3 is 0 Å². The summed E-state index contributed by atoms with van der Waals surface area (Å²) in [5.41, 5.74) is 1.98. The fraction of sp³-hybridized carbons (Fsp3) is 0.500. The van der Waals surface area contributed by atoms with Gasteiger partial charge in [-0.15, -0.1) is 0 Å². The number of fused-ring (bicyclic) bond motifs is 2. The van der Waals surface area contributed by atoms with Crippen molar-refractivity contribution in [3.8, 4) is 17.2 Å². The molecule has 1 aliphatic carbocycles. The van der Waals surface area contributed by atoms with E-state index in [-0.39, 0.29) is 17.1 Å². The predicted molar refractivity (Wildman–Crippen MR) is 124 cm³/mol. The average Bonchev–Trinajstić information content (AvgIpc) is 3.61. The third-order valence-electron chi connectivity index (χ3n) is 7.46. The van der Waals surface area contributed by atoms with E-state index in [0.29, 0.717) is 29.4 Å². The lowest BCUT2D eigenvalue weighted by Crippen LogP contribution is -2.46. The van der Waals surface area contributed by atoms with Crippen molar-refractivity contribution in [1.82, 2.24) is 4.90 Å². The Kier molecular flexibility index (Phi) is 5.69. The summed E-state index contributed by atoms with van der Waals surface area (Å²) < 4.78 is 30.6. The van der Waals surface area contributed by atoms with Crippen molar-refractivity contribution < 1.29 is 23.4 Å². The number of rotatable bonds is 6. The number of benzene rings is 2. The molecule has 1 saturated heterocycles. The van der Waals surface area contributed by atoms with Gasteiger partial charge in [0.25, 0.3) is 5.91 Å². The number of anilines is 1. The summed E-state index contributed by atoms with van der Waals surface area (Å²) in [6, 6.07) is 8.17. The Balaban J connectivity index is 1.46. The molecule has 1 amide bonds. The van der Waals surface area contributed by atoms with Gasteiger partial charge in [-0.1, -0.05) is 0 Å². The molecule has 2 aromatic carbocycles. The van der Waals surface area contributed by atoms with Gasteiger partial charge < -0.3 is 24.0 Å². The normalized spacial score (nSPS) is 19.5. The van der Waals surface area contributed by atoms with Crippen LogP contribution >= 0.6 is 0 Å². The van der Waals surface area contributed by atoms with Crippen LogP contribution < -0.4 is 19.1 Å². The highest BCUT2D eigenvalue weighted by Crippen LogP contribution is 2.48. The van der Waals surface area contributed by atoms with Crippen LogP contribution in [0.3, 0.4) is 0 Å². The van der Waals surface area contributed by atoms with E-state index in [1.54, 1.807) is 29.2 Å². The van der Waals surface area contributed by atoms with Crippen molar-refractivity contribution >= 4 is 11.6 Å². The quantitative estimate of drug-likeness (QED) is 0.653. The van der Waals surface area contributed by atoms with E-state index in [0.717, 1.165) is 43.1 Å². The summed E-state index contributed by atoms with van der Waals surface area (Å²) in [5.74, 6) is 1.75. The minimum Gasteiger partial charge on any atom is -0.493 e. The number of nitrogens with zero attached hydrogens (tertiary/aromatic N) is 2. The summed E-state index contributed by atoms with van der Waals surface area (Å²) in [6.07, 6.45) is 4.53. The standard InChI is InChI=1S/C26H31FN2O4/c1-31-22-12-18(13-23(32-2)24(22)33-3)25(30)29-16-26(20-14-19(27)6-7-21(20)29)8-10-28(11-9-26)15-17-4-5-17/h6-7,12-14,17H,4-5,8-11,15-16H2,1-3H3. The zero-order valence-electron chi connectivity index (χ0n) is 19.5. The number of methoxy groups -OCH3 is 3. The maximum atomic E-state index is 14.3. The van der Waals surface area contributed by atoms with Crippen molar-refractivity contribution in [2.45, 2.75) is 31.1 Å². The molecule has 6 nitrogen and oxygen atoms in total. The van der Waals surface area contributed by atoms with E-state index in [9.17, 15) is 9.18 Å². The summed E-state index contributed by atoms with van der Waals surface area (Å²) in [5, 5.41) is 0. The first-order valence-corrected chi connectivity index (χ1v) is 11.6. The molecule has 33 heavy (non-hydrogen) atoms. The van der Waals surface area contributed by atoms with Gasteiger partial charge in [-0.05, 0) is 80.6 Å². The molecule has 0 radical (unpaired) electrons. The van der Waals surface area contributed by atoms with Crippen LogP contribution in [-0.2, 0) is 5.41 Å². The van der Waals surface area contributed by atoms with E-state index < -0.39 is 0 Å². The van der Waals surface area contributed by atoms with E-state index >= 15 is 0 Å². The molecule has 176 valence electrons. The molecule has 2 aromatic rings. The van der Waals surface area contributed by atoms with Gasteiger partial charge in [0.1, 0.15) is 5.82 Å². The minimum absolute atomic E-state index is 0.153. The summed E-state index contributed by atoms with van der Waals surface area (Å²) >= 11 is 0. The van der Waals surface area contributed by atoms with E-state index in [1.165, 1.54) is 46.8 Å². The van der Waals surface area contributed by atoms with Crippen molar-refractivity contribution in [2.75, 3.05) is 52.4 Å². The van der Waals surface area contributed by atoms with E-state index in [2.05, 4.69) is 4.90 Å². The Morgan fingerprint density at radius 3 is 2.27 bits per heavy atom.